The highest BCUT2D eigenvalue weighted by atomic mass is 19.3. The van der Waals surface area contributed by atoms with Gasteiger partial charge >= 0.3 is 12.3 Å². The zero-order valence-electron chi connectivity index (χ0n) is 21.0. The Morgan fingerprint density at radius 1 is 1.12 bits per heavy atom. The zero-order valence-corrected chi connectivity index (χ0v) is 21.0. The topological polar surface area (TPSA) is 123 Å². The molecular formula is C26H20F4N5O5. The number of hydrogen-bond donors (Lipinski definition) is 1. The molecule has 0 aliphatic carbocycles. The molecule has 40 heavy (non-hydrogen) atoms. The quantitative estimate of drug-likeness (QED) is 0.188. The second-order valence-corrected chi connectivity index (χ2v) is 8.76. The number of aromatic amines is 1. The highest BCUT2D eigenvalue weighted by molar-refractivity contribution is 5.83. The molecule has 0 spiro atoms. The summed E-state index contributed by atoms with van der Waals surface area (Å²) >= 11 is 0. The van der Waals surface area contributed by atoms with Gasteiger partial charge in [-0.25, -0.2) is 13.6 Å². The average molecular weight is 558 g/mol. The van der Waals surface area contributed by atoms with E-state index in [4.69, 9.17) is 0 Å². The third-order valence-electron chi connectivity index (χ3n) is 5.70. The summed E-state index contributed by atoms with van der Waals surface area (Å²) in [6, 6.07) is 9.32. The fourth-order valence-corrected chi connectivity index (χ4v) is 4.16. The molecule has 2 heterocycles. The summed E-state index contributed by atoms with van der Waals surface area (Å²) < 4.78 is 60.0. The van der Waals surface area contributed by atoms with Gasteiger partial charge in [-0.3, -0.25) is 29.4 Å². The lowest BCUT2D eigenvalue weighted by atomic mass is 9.92. The SMILES string of the molecule is CN(C)Cc1[c]c(Cc2c(F)cccc2F)c(-n2ccc(=O)[nH]c2=O)c(-c2ccc(OC(F)F)cn2)c1[N+](=O)[O-]. The number of nitrogens with zero attached hydrogens (tertiary/aromatic N) is 4. The maximum atomic E-state index is 14.7. The van der Waals surface area contributed by atoms with Crippen LogP contribution in [0.15, 0.2) is 58.4 Å². The van der Waals surface area contributed by atoms with Crippen molar-refractivity contribution >= 4 is 5.69 Å². The van der Waals surface area contributed by atoms with Gasteiger partial charge in [-0.15, -0.1) is 0 Å². The van der Waals surface area contributed by atoms with Crippen molar-refractivity contribution in [3.05, 3.63) is 114 Å². The van der Waals surface area contributed by atoms with Crippen LogP contribution in [0.2, 0.25) is 0 Å². The Bertz CT molecular complexity index is 1670. The summed E-state index contributed by atoms with van der Waals surface area (Å²) in [6.45, 7) is -3.21. The monoisotopic (exact) mass is 558 g/mol. The van der Waals surface area contributed by atoms with Crippen molar-refractivity contribution in [1.82, 2.24) is 19.4 Å². The summed E-state index contributed by atoms with van der Waals surface area (Å²) in [5.41, 5.74) is -3.43. The van der Waals surface area contributed by atoms with Crippen LogP contribution in [0.1, 0.15) is 16.7 Å². The summed E-state index contributed by atoms with van der Waals surface area (Å²) in [4.78, 5) is 44.1. The number of pyridine rings is 1. The van der Waals surface area contributed by atoms with E-state index < -0.39 is 52.1 Å². The molecule has 0 saturated carbocycles. The molecule has 4 rings (SSSR count). The summed E-state index contributed by atoms with van der Waals surface area (Å²) in [6.07, 6.45) is 1.44. The molecule has 4 aromatic rings. The van der Waals surface area contributed by atoms with Crippen molar-refractivity contribution in [3.8, 4) is 22.7 Å². The Labute approximate surface area is 223 Å². The largest absolute Gasteiger partial charge is 0.433 e. The first kappa shape index (κ1) is 28.2. The van der Waals surface area contributed by atoms with Crippen LogP contribution in [-0.2, 0) is 13.0 Å². The lowest BCUT2D eigenvalue weighted by Gasteiger charge is -2.20. The van der Waals surface area contributed by atoms with Crippen molar-refractivity contribution in [1.29, 1.82) is 0 Å². The molecule has 2 aromatic heterocycles. The fraction of sp³-hybridized carbons (Fsp3) is 0.192. The second kappa shape index (κ2) is 11.5. The molecule has 0 amide bonds. The molecule has 2 aromatic carbocycles. The van der Waals surface area contributed by atoms with Crippen molar-refractivity contribution in [2.45, 2.75) is 19.6 Å². The number of rotatable bonds is 9. The number of ether oxygens (including phenoxy) is 1. The Hall–Kier alpha value is -4.85. The number of nitrogens with one attached hydrogen (secondary N) is 1. The van der Waals surface area contributed by atoms with E-state index in [-0.39, 0.29) is 40.4 Å². The number of nitro groups is 1. The van der Waals surface area contributed by atoms with E-state index in [0.29, 0.717) is 0 Å². The molecule has 0 bridgehead atoms. The molecule has 1 N–H and O–H groups in total. The zero-order chi connectivity index (χ0) is 29.1. The van der Waals surface area contributed by atoms with Gasteiger partial charge in [0.2, 0.25) is 0 Å². The minimum absolute atomic E-state index is 0.00678. The van der Waals surface area contributed by atoms with E-state index in [2.05, 4.69) is 15.8 Å². The van der Waals surface area contributed by atoms with Crippen LogP contribution in [0.5, 0.6) is 5.75 Å². The van der Waals surface area contributed by atoms with E-state index in [0.717, 1.165) is 53.4 Å². The predicted molar refractivity (Wildman–Crippen MR) is 135 cm³/mol. The first-order valence-electron chi connectivity index (χ1n) is 11.5. The summed E-state index contributed by atoms with van der Waals surface area (Å²) in [7, 11) is 3.25. The van der Waals surface area contributed by atoms with Crippen LogP contribution in [0.25, 0.3) is 16.9 Å². The van der Waals surface area contributed by atoms with Crippen molar-refractivity contribution in [2.75, 3.05) is 14.1 Å². The highest BCUT2D eigenvalue weighted by Crippen LogP contribution is 2.41. The lowest BCUT2D eigenvalue weighted by Crippen LogP contribution is -2.29. The number of nitro benzene ring substituents is 1. The number of alkyl halides is 2. The molecule has 0 aliphatic heterocycles. The first-order valence-corrected chi connectivity index (χ1v) is 11.5. The van der Waals surface area contributed by atoms with Crippen molar-refractivity contribution in [2.24, 2.45) is 0 Å². The predicted octanol–water partition coefficient (Wildman–Crippen LogP) is 3.83. The van der Waals surface area contributed by atoms with Crippen molar-refractivity contribution in [3.63, 3.8) is 0 Å². The van der Waals surface area contributed by atoms with Gasteiger partial charge in [-0.1, -0.05) is 6.07 Å². The van der Waals surface area contributed by atoms with Gasteiger partial charge in [0.15, 0.2) is 0 Å². The van der Waals surface area contributed by atoms with Crippen LogP contribution in [0.4, 0.5) is 23.2 Å². The summed E-state index contributed by atoms with van der Waals surface area (Å²) in [5.74, 6) is -2.16. The fourth-order valence-electron chi connectivity index (χ4n) is 4.16. The van der Waals surface area contributed by atoms with Crippen LogP contribution in [0.3, 0.4) is 0 Å². The number of hydrogen-bond acceptors (Lipinski definition) is 7. The van der Waals surface area contributed by atoms with Gasteiger partial charge in [0.1, 0.15) is 22.9 Å². The van der Waals surface area contributed by atoms with E-state index in [1.807, 2.05) is 4.98 Å². The van der Waals surface area contributed by atoms with Crippen LogP contribution < -0.4 is 16.0 Å². The van der Waals surface area contributed by atoms with Crippen LogP contribution in [0, 0.1) is 27.8 Å². The minimum Gasteiger partial charge on any atom is -0.433 e. The molecule has 1 radical (unpaired) electrons. The maximum absolute atomic E-state index is 14.7. The van der Waals surface area contributed by atoms with E-state index in [1.54, 1.807) is 19.0 Å². The normalized spacial score (nSPS) is 11.3. The van der Waals surface area contributed by atoms with Gasteiger partial charge in [0.25, 0.3) is 11.2 Å². The first-order chi connectivity index (χ1) is 19.0. The Morgan fingerprint density at radius 2 is 1.82 bits per heavy atom. The molecule has 0 aliphatic rings. The standard InChI is InChI=1S/C26H20F4N5O5/c1-33(2)13-15-10-14(11-17-18(27)4-3-5-19(17)28)23(34-9-8-21(36)32-26(34)37)22(24(15)35(38)39)20-7-6-16(12-31-20)40-25(29)30/h3-9,12,25H,11,13H2,1-2H3,(H,32,36,37). The third kappa shape index (κ3) is 5.91. The maximum Gasteiger partial charge on any atom is 0.387 e. The molecule has 10 nitrogen and oxygen atoms in total. The number of H-pyrrole nitrogens is 1. The highest BCUT2D eigenvalue weighted by Gasteiger charge is 2.31. The van der Waals surface area contributed by atoms with E-state index in [9.17, 15) is 37.3 Å². The molecule has 0 unspecified atom stereocenters. The molecule has 0 fully saturated rings. The second-order valence-electron chi connectivity index (χ2n) is 8.76. The lowest BCUT2D eigenvalue weighted by molar-refractivity contribution is -0.385. The Balaban J connectivity index is 2.14. The van der Waals surface area contributed by atoms with Gasteiger partial charge in [-0.05, 0) is 50.0 Å². The Morgan fingerprint density at radius 3 is 2.38 bits per heavy atom. The average Bonchev–Trinajstić information content (AvgIpc) is 2.86. The van der Waals surface area contributed by atoms with Gasteiger partial charge in [0.05, 0.1) is 28.1 Å². The van der Waals surface area contributed by atoms with Crippen molar-refractivity contribution < 1.29 is 27.2 Å². The minimum atomic E-state index is -3.16. The molecule has 0 saturated heterocycles. The van der Waals surface area contributed by atoms with E-state index in [1.165, 1.54) is 0 Å². The van der Waals surface area contributed by atoms with Crippen LogP contribution >= 0.6 is 0 Å². The smallest absolute Gasteiger partial charge is 0.387 e. The number of halogens is 4. The number of benzene rings is 2. The van der Waals surface area contributed by atoms with Gasteiger partial charge in [0, 0.05) is 30.8 Å². The molecule has 207 valence electrons. The Kier molecular flexibility index (Phi) is 8.09. The van der Waals surface area contributed by atoms with Gasteiger partial charge in [-0.2, -0.15) is 8.78 Å². The van der Waals surface area contributed by atoms with Crippen LogP contribution in [-0.4, -0.2) is 45.1 Å². The number of aromatic nitrogens is 3. The molecule has 14 heteroatoms. The molecule has 0 atom stereocenters. The van der Waals surface area contributed by atoms with E-state index >= 15 is 0 Å². The summed E-state index contributed by atoms with van der Waals surface area (Å²) in [5, 5.41) is 12.5. The van der Waals surface area contributed by atoms with Gasteiger partial charge < -0.3 is 9.64 Å². The third-order valence-corrected chi connectivity index (χ3v) is 5.70. The molecular weight excluding hydrogens is 538 g/mol.